The van der Waals surface area contributed by atoms with Crippen molar-refractivity contribution in [3.05, 3.63) is 54.0 Å². The summed E-state index contributed by atoms with van der Waals surface area (Å²) in [5, 5.41) is 0. The van der Waals surface area contributed by atoms with Crippen molar-refractivity contribution in [2.45, 2.75) is 19.4 Å². The number of fused-ring (bicyclic) bond motifs is 1. The molecule has 5 heterocycles. The first-order chi connectivity index (χ1) is 16.0. The van der Waals surface area contributed by atoms with Crippen molar-refractivity contribution in [1.29, 1.82) is 0 Å². The third-order valence-electron chi connectivity index (χ3n) is 6.05. The van der Waals surface area contributed by atoms with Gasteiger partial charge in [-0.1, -0.05) is 0 Å². The first kappa shape index (κ1) is 21.7. The highest BCUT2D eigenvalue weighted by Crippen LogP contribution is 2.35. The molecule has 2 aliphatic heterocycles. The van der Waals surface area contributed by atoms with Gasteiger partial charge >= 0.3 is 0 Å². The number of nitrogens with one attached hydrogen (secondary N) is 1. The maximum absolute atomic E-state index is 14.4. The van der Waals surface area contributed by atoms with E-state index in [4.69, 9.17) is 4.55 Å². The number of anilines is 2. The van der Waals surface area contributed by atoms with Gasteiger partial charge in [0.25, 0.3) is 0 Å². The Kier molecular flexibility index (Phi) is 5.96. The Labute approximate surface area is 192 Å². The zero-order chi connectivity index (χ0) is 22.9. The van der Waals surface area contributed by atoms with E-state index >= 15 is 0 Å². The highest BCUT2D eigenvalue weighted by molar-refractivity contribution is 7.77. The molecule has 5 rings (SSSR count). The lowest BCUT2D eigenvalue weighted by Crippen LogP contribution is -2.51. The smallest absolute Gasteiger partial charge is 0.231 e. The van der Waals surface area contributed by atoms with E-state index in [1.807, 2.05) is 17.9 Å². The van der Waals surface area contributed by atoms with Crippen molar-refractivity contribution < 1.29 is 13.2 Å². The normalized spacial score (nSPS) is 19.2. The van der Waals surface area contributed by atoms with Crippen LogP contribution < -0.4 is 14.5 Å². The van der Waals surface area contributed by atoms with Crippen LogP contribution in [0.15, 0.2) is 36.8 Å². The van der Waals surface area contributed by atoms with E-state index in [1.165, 1.54) is 6.07 Å². The Morgan fingerprint density at radius 3 is 2.73 bits per heavy atom. The molecular formula is C21H23FN8O2S. The van der Waals surface area contributed by atoms with E-state index in [2.05, 4.69) is 34.5 Å². The number of nitrogens with zero attached hydrogens (tertiary/aromatic N) is 7. The quantitative estimate of drug-likeness (QED) is 0.410. The van der Waals surface area contributed by atoms with Crippen LogP contribution >= 0.6 is 0 Å². The molecular weight excluding hydrogens is 447 g/mol. The molecule has 3 aromatic heterocycles. The minimum absolute atomic E-state index is 0.0745. The molecule has 2 N–H and O–H groups in total. The van der Waals surface area contributed by atoms with Crippen LogP contribution in [0.2, 0.25) is 0 Å². The minimum atomic E-state index is -2.02. The van der Waals surface area contributed by atoms with E-state index in [-0.39, 0.29) is 12.0 Å². The Bertz CT molecular complexity index is 1180. The van der Waals surface area contributed by atoms with Gasteiger partial charge in [-0.05, 0) is 13.0 Å². The van der Waals surface area contributed by atoms with Gasteiger partial charge < -0.3 is 9.80 Å². The Hall–Kier alpha value is -3.09. The maximum atomic E-state index is 14.4. The van der Waals surface area contributed by atoms with E-state index in [0.717, 1.165) is 16.9 Å². The van der Waals surface area contributed by atoms with E-state index < -0.39 is 17.2 Å². The van der Waals surface area contributed by atoms with Crippen molar-refractivity contribution in [3.63, 3.8) is 0 Å². The Balaban J connectivity index is 1.33. The molecule has 1 saturated heterocycles. The lowest BCUT2D eigenvalue weighted by atomic mass is 9.98. The molecule has 172 valence electrons. The zero-order valence-corrected chi connectivity index (χ0v) is 18.7. The minimum Gasteiger partial charge on any atom is -0.371 e. The molecule has 3 aromatic rings. The van der Waals surface area contributed by atoms with Crippen LogP contribution in [0.25, 0.3) is 11.6 Å². The highest BCUT2D eigenvalue weighted by Gasteiger charge is 2.30. The molecule has 0 aliphatic carbocycles. The molecule has 2 atom stereocenters. The summed E-state index contributed by atoms with van der Waals surface area (Å²) in [5.74, 6) is 1.25. The van der Waals surface area contributed by atoms with Crippen molar-refractivity contribution in [2.24, 2.45) is 5.92 Å². The topological polar surface area (TPSA) is 120 Å². The van der Waals surface area contributed by atoms with Gasteiger partial charge in [-0.2, -0.15) is 4.39 Å². The molecule has 0 spiro atoms. The van der Waals surface area contributed by atoms with Crippen LogP contribution in [0.3, 0.4) is 0 Å². The molecule has 2 unspecified atom stereocenters. The van der Waals surface area contributed by atoms with Gasteiger partial charge in [0.1, 0.15) is 5.82 Å². The molecule has 1 fully saturated rings. The molecule has 0 aromatic carbocycles. The molecule has 0 saturated carbocycles. The van der Waals surface area contributed by atoms with E-state index in [0.29, 0.717) is 50.1 Å². The van der Waals surface area contributed by atoms with Crippen LogP contribution in [-0.4, -0.2) is 59.9 Å². The van der Waals surface area contributed by atoms with Crippen LogP contribution in [0.1, 0.15) is 24.2 Å². The Morgan fingerprint density at radius 2 is 1.97 bits per heavy atom. The monoisotopic (exact) mass is 470 g/mol. The fourth-order valence-electron chi connectivity index (χ4n) is 4.30. The molecule has 0 radical (unpaired) electrons. The Morgan fingerprint density at radius 1 is 1.18 bits per heavy atom. The summed E-state index contributed by atoms with van der Waals surface area (Å²) in [6, 6.07) is 4.99. The van der Waals surface area contributed by atoms with Crippen molar-refractivity contribution in [3.8, 4) is 11.6 Å². The average Bonchev–Trinajstić information content (AvgIpc) is 2.78. The summed E-state index contributed by atoms with van der Waals surface area (Å²) in [5.41, 5.74) is 2.66. The maximum Gasteiger partial charge on any atom is 0.231 e. The van der Waals surface area contributed by atoms with Gasteiger partial charge in [-0.15, -0.1) is 0 Å². The zero-order valence-electron chi connectivity index (χ0n) is 17.9. The molecule has 10 nitrogen and oxygen atoms in total. The van der Waals surface area contributed by atoms with Crippen LogP contribution in [-0.2, 0) is 17.7 Å². The molecule has 12 heteroatoms. The SMILES string of the molecule is CC1c2cnc(-c3ncccn3)nc2CCN1c1cc(N2CC(CNS(=O)O)C2)cc(F)n1. The summed E-state index contributed by atoms with van der Waals surface area (Å²) >= 11 is -2.02. The van der Waals surface area contributed by atoms with Gasteiger partial charge in [0.05, 0.1) is 11.7 Å². The fraction of sp³-hybridized carbons (Fsp3) is 0.381. The number of rotatable bonds is 6. The summed E-state index contributed by atoms with van der Waals surface area (Å²) < 4.78 is 36.6. The largest absolute Gasteiger partial charge is 0.371 e. The number of hydrogen-bond donors (Lipinski definition) is 2. The van der Waals surface area contributed by atoms with Crippen LogP contribution in [0.5, 0.6) is 0 Å². The van der Waals surface area contributed by atoms with Crippen molar-refractivity contribution in [2.75, 3.05) is 36.0 Å². The van der Waals surface area contributed by atoms with Gasteiger partial charge in [0.2, 0.25) is 17.2 Å². The summed E-state index contributed by atoms with van der Waals surface area (Å²) in [4.78, 5) is 25.8. The number of aromatic nitrogens is 5. The van der Waals surface area contributed by atoms with Gasteiger partial charge in [-0.3, -0.25) is 4.55 Å². The van der Waals surface area contributed by atoms with Gasteiger partial charge in [0.15, 0.2) is 11.6 Å². The fourth-order valence-corrected chi connectivity index (χ4v) is 4.68. The summed E-state index contributed by atoms with van der Waals surface area (Å²) in [6.07, 6.45) is 5.79. The van der Waals surface area contributed by atoms with Gasteiger partial charge in [-0.25, -0.2) is 33.9 Å². The average molecular weight is 471 g/mol. The van der Waals surface area contributed by atoms with Crippen LogP contribution in [0.4, 0.5) is 15.9 Å². The molecule has 0 bridgehead atoms. The lowest BCUT2D eigenvalue weighted by Gasteiger charge is -2.41. The molecule has 2 aliphatic rings. The lowest BCUT2D eigenvalue weighted by molar-refractivity contribution is 0.403. The molecule has 0 amide bonds. The first-order valence-electron chi connectivity index (χ1n) is 10.6. The third kappa shape index (κ3) is 4.54. The van der Waals surface area contributed by atoms with Crippen molar-refractivity contribution >= 4 is 22.8 Å². The predicted molar refractivity (Wildman–Crippen MR) is 121 cm³/mol. The van der Waals surface area contributed by atoms with E-state index in [1.54, 1.807) is 24.7 Å². The number of halogens is 1. The third-order valence-corrected chi connectivity index (χ3v) is 6.46. The van der Waals surface area contributed by atoms with Crippen LogP contribution in [0, 0.1) is 11.9 Å². The molecule has 33 heavy (non-hydrogen) atoms. The highest BCUT2D eigenvalue weighted by atomic mass is 32.2. The second kappa shape index (κ2) is 9.04. The number of pyridine rings is 1. The second-order valence-corrected chi connectivity index (χ2v) is 8.95. The first-order valence-corrected chi connectivity index (χ1v) is 11.8. The van der Waals surface area contributed by atoms with Gasteiger partial charge in [0, 0.05) is 80.5 Å². The summed E-state index contributed by atoms with van der Waals surface area (Å²) in [6.45, 7) is 4.49. The summed E-state index contributed by atoms with van der Waals surface area (Å²) in [7, 11) is 0. The standard InChI is InChI=1S/C21H23FN8O2S/c1-13-16-10-25-21(20-23-4-2-5-24-20)27-17(16)3-6-30(13)19-8-15(7-18(22)28-19)29-11-14(12-29)9-26-33(31)32/h2,4-5,7-8,10,13-14,26H,3,6,9,11-12H2,1H3,(H,31,32). The predicted octanol–water partition coefficient (Wildman–Crippen LogP) is 1.75. The van der Waals surface area contributed by atoms with E-state index in [9.17, 15) is 8.60 Å². The number of hydrogen-bond acceptors (Lipinski definition) is 8. The van der Waals surface area contributed by atoms with Crippen molar-refractivity contribution in [1.82, 2.24) is 29.6 Å². The second-order valence-electron chi connectivity index (χ2n) is 8.16.